The summed E-state index contributed by atoms with van der Waals surface area (Å²) in [4.78, 5) is 13.7. The minimum atomic E-state index is -3.86. The van der Waals surface area contributed by atoms with Gasteiger partial charge in [0, 0.05) is 31.1 Å². The molecule has 1 unspecified atom stereocenters. The van der Waals surface area contributed by atoms with Crippen LogP contribution in [0.1, 0.15) is 20.3 Å². The van der Waals surface area contributed by atoms with Crippen molar-refractivity contribution < 1.29 is 13.5 Å². The van der Waals surface area contributed by atoms with Gasteiger partial charge < -0.3 is 10.1 Å². The van der Waals surface area contributed by atoms with Gasteiger partial charge in [0.05, 0.1) is 0 Å². The Morgan fingerprint density at radius 2 is 2.11 bits per heavy atom. The van der Waals surface area contributed by atoms with Crippen LogP contribution >= 0.6 is 0 Å². The standard InChI is InChI=1S/C11H18N2O4S/c1-8(2)9(4-6-14)13-18(16,17)11-7-12-5-3-10(11)15/h3,5,7-9,13-14H,4,6H2,1-2H3,(H,12,15). The van der Waals surface area contributed by atoms with Crippen LogP contribution in [0.25, 0.3) is 0 Å². The maximum Gasteiger partial charge on any atom is 0.246 e. The van der Waals surface area contributed by atoms with E-state index in [-0.39, 0.29) is 17.4 Å². The minimum Gasteiger partial charge on any atom is -0.396 e. The van der Waals surface area contributed by atoms with Gasteiger partial charge in [-0.3, -0.25) is 4.79 Å². The Hall–Kier alpha value is -1.18. The molecule has 18 heavy (non-hydrogen) atoms. The number of nitrogens with one attached hydrogen (secondary N) is 2. The third kappa shape index (κ3) is 3.66. The van der Waals surface area contributed by atoms with Crippen molar-refractivity contribution in [1.82, 2.24) is 9.71 Å². The van der Waals surface area contributed by atoms with E-state index in [0.717, 1.165) is 12.3 Å². The third-order valence-electron chi connectivity index (χ3n) is 2.63. The Bertz CT molecular complexity index is 536. The summed E-state index contributed by atoms with van der Waals surface area (Å²) in [5.41, 5.74) is -0.562. The number of aliphatic hydroxyl groups is 1. The summed E-state index contributed by atoms with van der Waals surface area (Å²) >= 11 is 0. The number of sulfonamides is 1. The summed E-state index contributed by atoms with van der Waals surface area (Å²) in [6, 6.07) is 0.755. The Kier molecular flexibility index (Phi) is 5.06. The van der Waals surface area contributed by atoms with Gasteiger partial charge in [-0.15, -0.1) is 0 Å². The van der Waals surface area contributed by atoms with E-state index < -0.39 is 21.5 Å². The summed E-state index contributed by atoms with van der Waals surface area (Å²) < 4.78 is 26.5. The van der Waals surface area contributed by atoms with Crippen molar-refractivity contribution in [2.75, 3.05) is 6.61 Å². The van der Waals surface area contributed by atoms with Gasteiger partial charge in [-0.05, 0) is 12.3 Å². The van der Waals surface area contributed by atoms with Gasteiger partial charge >= 0.3 is 0 Å². The maximum absolute atomic E-state index is 12.0. The predicted molar refractivity (Wildman–Crippen MR) is 67.7 cm³/mol. The molecule has 102 valence electrons. The normalized spacial score (nSPS) is 13.8. The molecular formula is C11H18N2O4S. The summed E-state index contributed by atoms with van der Waals surface area (Å²) in [5.74, 6) is 0.0229. The van der Waals surface area contributed by atoms with Crippen LogP contribution in [0.3, 0.4) is 0 Å². The molecule has 0 saturated heterocycles. The zero-order chi connectivity index (χ0) is 13.8. The molecule has 7 heteroatoms. The molecule has 1 heterocycles. The molecule has 0 amide bonds. The second kappa shape index (κ2) is 6.12. The summed E-state index contributed by atoms with van der Waals surface area (Å²) in [5, 5.41) is 8.90. The molecule has 0 aliphatic rings. The first-order valence-corrected chi connectivity index (χ1v) is 7.17. The topological polar surface area (TPSA) is 99.3 Å². The molecule has 0 fully saturated rings. The van der Waals surface area contributed by atoms with Crippen molar-refractivity contribution in [3.8, 4) is 0 Å². The van der Waals surface area contributed by atoms with Crippen LogP contribution in [0.2, 0.25) is 0 Å². The van der Waals surface area contributed by atoms with Crippen molar-refractivity contribution in [2.45, 2.75) is 31.2 Å². The molecule has 1 atom stereocenters. The predicted octanol–water partition coefficient (Wildman–Crippen LogP) is 0.0602. The molecule has 1 aromatic rings. The quantitative estimate of drug-likeness (QED) is 0.683. The van der Waals surface area contributed by atoms with Crippen molar-refractivity contribution in [2.24, 2.45) is 5.92 Å². The van der Waals surface area contributed by atoms with Crippen LogP contribution in [-0.4, -0.2) is 31.2 Å². The molecule has 0 spiro atoms. The fourth-order valence-electron chi connectivity index (χ4n) is 1.54. The van der Waals surface area contributed by atoms with E-state index in [4.69, 9.17) is 5.11 Å². The van der Waals surface area contributed by atoms with E-state index in [0.29, 0.717) is 6.42 Å². The first kappa shape index (κ1) is 14.9. The lowest BCUT2D eigenvalue weighted by Crippen LogP contribution is -2.40. The van der Waals surface area contributed by atoms with Gasteiger partial charge in [0.1, 0.15) is 4.90 Å². The number of rotatable bonds is 6. The molecule has 0 saturated carbocycles. The highest BCUT2D eigenvalue weighted by atomic mass is 32.2. The van der Waals surface area contributed by atoms with E-state index in [9.17, 15) is 13.2 Å². The number of aromatic nitrogens is 1. The van der Waals surface area contributed by atoms with Crippen LogP contribution in [-0.2, 0) is 10.0 Å². The van der Waals surface area contributed by atoms with Gasteiger partial charge in [0.25, 0.3) is 0 Å². The van der Waals surface area contributed by atoms with Crippen molar-refractivity contribution >= 4 is 10.0 Å². The number of hydrogen-bond acceptors (Lipinski definition) is 4. The second-order valence-electron chi connectivity index (χ2n) is 4.36. The van der Waals surface area contributed by atoms with E-state index in [1.165, 1.54) is 6.20 Å². The average molecular weight is 274 g/mol. The first-order valence-electron chi connectivity index (χ1n) is 5.68. The van der Waals surface area contributed by atoms with Crippen LogP contribution in [0.4, 0.5) is 0 Å². The fraction of sp³-hybridized carbons (Fsp3) is 0.545. The SMILES string of the molecule is CC(C)C(CCO)NS(=O)(=O)c1c[nH]ccc1=O. The van der Waals surface area contributed by atoms with Gasteiger partial charge in [-0.1, -0.05) is 13.8 Å². The molecule has 1 aromatic heterocycles. The number of H-pyrrole nitrogens is 1. The lowest BCUT2D eigenvalue weighted by Gasteiger charge is -2.21. The highest BCUT2D eigenvalue weighted by Crippen LogP contribution is 2.10. The van der Waals surface area contributed by atoms with Crippen LogP contribution in [0.15, 0.2) is 28.2 Å². The molecule has 0 aromatic carbocycles. The van der Waals surface area contributed by atoms with Crippen molar-refractivity contribution in [3.05, 3.63) is 28.7 Å². The molecule has 3 N–H and O–H groups in total. The summed E-state index contributed by atoms with van der Waals surface area (Å²) in [6.07, 6.45) is 2.83. The number of aromatic amines is 1. The minimum absolute atomic E-state index is 0.0229. The first-order chi connectivity index (χ1) is 8.38. The highest BCUT2D eigenvalue weighted by Gasteiger charge is 2.23. The Morgan fingerprint density at radius 3 is 2.61 bits per heavy atom. The molecule has 0 bridgehead atoms. The zero-order valence-corrected chi connectivity index (χ0v) is 11.2. The summed E-state index contributed by atoms with van der Waals surface area (Å²) in [7, 11) is -3.86. The molecule has 1 rings (SSSR count). The second-order valence-corrected chi connectivity index (χ2v) is 6.04. The van der Waals surface area contributed by atoms with E-state index in [1.807, 2.05) is 13.8 Å². The lowest BCUT2D eigenvalue weighted by molar-refractivity contribution is 0.256. The average Bonchev–Trinajstić information content (AvgIpc) is 2.28. The largest absolute Gasteiger partial charge is 0.396 e. The Morgan fingerprint density at radius 1 is 1.44 bits per heavy atom. The van der Waals surface area contributed by atoms with Gasteiger partial charge in [0.2, 0.25) is 15.5 Å². The molecule has 6 nitrogen and oxygen atoms in total. The lowest BCUT2D eigenvalue weighted by atomic mass is 10.0. The van der Waals surface area contributed by atoms with Gasteiger partial charge in [0.15, 0.2) is 0 Å². The van der Waals surface area contributed by atoms with Crippen LogP contribution in [0, 0.1) is 5.92 Å². The van der Waals surface area contributed by atoms with Crippen LogP contribution < -0.4 is 10.2 Å². The fourth-order valence-corrected chi connectivity index (χ4v) is 3.01. The monoisotopic (exact) mass is 274 g/mol. The van der Waals surface area contributed by atoms with Gasteiger partial charge in [-0.2, -0.15) is 0 Å². The van der Waals surface area contributed by atoms with Crippen LogP contribution in [0.5, 0.6) is 0 Å². The zero-order valence-electron chi connectivity index (χ0n) is 10.4. The third-order valence-corrected chi connectivity index (χ3v) is 4.14. The summed E-state index contributed by atoms with van der Waals surface area (Å²) in [6.45, 7) is 3.58. The maximum atomic E-state index is 12.0. The highest BCUT2D eigenvalue weighted by molar-refractivity contribution is 7.89. The Labute approximate surface area is 106 Å². The van der Waals surface area contributed by atoms with Gasteiger partial charge in [-0.25, -0.2) is 13.1 Å². The number of hydrogen-bond donors (Lipinski definition) is 3. The van der Waals surface area contributed by atoms with E-state index in [1.54, 1.807) is 0 Å². The molecule has 0 aliphatic heterocycles. The van der Waals surface area contributed by atoms with E-state index >= 15 is 0 Å². The van der Waals surface area contributed by atoms with Crippen molar-refractivity contribution in [3.63, 3.8) is 0 Å². The number of pyridine rings is 1. The van der Waals surface area contributed by atoms with Crippen molar-refractivity contribution in [1.29, 1.82) is 0 Å². The number of aliphatic hydroxyl groups excluding tert-OH is 1. The molecule has 0 aliphatic carbocycles. The smallest absolute Gasteiger partial charge is 0.246 e. The molecule has 0 radical (unpaired) electrons. The Balaban J connectivity index is 3.01. The van der Waals surface area contributed by atoms with E-state index in [2.05, 4.69) is 9.71 Å². The molecular weight excluding hydrogens is 256 g/mol.